The number of nitrogens with two attached hydrogens (primary N) is 2. The fourth-order valence-corrected chi connectivity index (χ4v) is 1.49. The summed E-state index contributed by atoms with van der Waals surface area (Å²) in [4.78, 5) is 10.5. The highest BCUT2D eigenvalue weighted by atomic mass is 19.2. The Hall–Kier alpha value is -0.850. The molecule has 0 aromatic rings. The minimum atomic E-state index is -2.48. The molecule has 0 spiro atoms. The van der Waals surface area contributed by atoms with Crippen LogP contribution in [0, 0.1) is 5.92 Å². The molecule has 82 valence electrons. The van der Waals surface area contributed by atoms with Gasteiger partial charge in [0.25, 0.3) is 0 Å². The van der Waals surface area contributed by atoms with E-state index in [9.17, 15) is 22.4 Å². The number of carbonyl (C=O) groups excluding carboxylic acids is 1. The Morgan fingerprint density at radius 3 is 1.57 bits per heavy atom. The van der Waals surface area contributed by atoms with Crippen LogP contribution in [-0.2, 0) is 4.79 Å². The quantitative estimate of drug-likeness (QED) is 0.592. The van der Waals surface area contributed by atoms with Gasteiger partial charge in [0.2, 0.25) is 5.91 Å². The maximum absolute atomic E-state index is 13.0. The third-order valence-corrected chi connectivity index (χ3v) is 2.36. The summed E-state index contributed by atoms with van der Waals surface area (Å²) in [6, 6.07) is -1.89. The zero-order valence-corrected chi connectivity index (χ0v) is 7.04. The lowest BCUT2D eigenvalue weighted by atomic mass is 9.80. The molecule has 0 saturated heterocycles. The van der Waals surface area contributed by atoms with Crippen molar-refractivity contribution in [2.45, 2.75) is 30.7 Å². The van der Waals surface area contributed by atoms with Gasteiger partial charge in [-0.05, 0) is 0 Å². The van der Waals surface area contributed by atoms with Crippen LogP contribution in [0.25, 0.3) is 0 Å². The Morgan fingerprint density at radius 1 is 0.929 bits per heavy atom. The van der Waals surface area contributed by atoms with Crippen molar-refractivity contribution in [3.05, 3.63) is 0 Å². The number of hydrogen-bond acceptors (Lipinski definition) is 2. The molecule has 0 radical (unpaired) electrons. The first-order chi connectivity index (χ1) is 6.37. The van der Waals surface area contributed by atoms with Gasteiger partial charge in [0, 0.05) is 0 Å². The number of halogens is 4. The van der Waals surface area contributed by atoms with Crippen LogP contribution in [0.4, 0.5) is 17.6 Å². The highest BCUT2D eigenvalue weighted by molar-refractivity contribution is 5.78. The summed E-state index contributed by atoms with van der Waals surface area (Å²) in [5.41, 5.74) is 9.51. The minimum Gasteiger partial charge on any atom is -0.369 e. The first kappa shape index (κ1) is 11.2. The van der Waals surface area contributed by atoms with Crippen LogP contribution in [-0.4, -0.2) is 36.6 Å². The Morgan fingerprint density at radius 2 is 1.29 bits per heavy atom. The van der Waals surface area contributed by atoms with E-state index in [2.05, 4.69) is 5.73 Å². The van der Waals surface area contributed by atoms with Gasteiger partial charge in [-0.3, -0.25) is 4.79 Å². The highest BCUT2D eigenvalue weighted by Gasteiger charge is 2.53. The number of primary amides is 1. The van der Waals surface area contributed by atoms with Crippen molar-refractivity contribution >= 4 is 5.91 Å². The molecule has 1 aliphatic rings. The molecule has 1 rings (SSSR count). The fourth-order valence-electron chi connectivity index (χ4n) is 1.49. The third-order valence-electron chi connectivity index (χ3n) is 2.36. The van der Waals surface area contributed by atoms with E-state index in [4.69, 9.17) is 5.73 Å². The molecule has 4 N–H and O–H groups in total. The smallest absolute Gasteiger partial charge is 0.226 e. The highest BCUT2D eigenvalue weighted by Crippen LogP contribution is 2.33. The monoisotopic (exact) mass is 214 g/mol. The number of alkyl halides is 4. The average Bonchev–Trinajstić information content (AvgIpc) is 2.11. The molecule has 4 atom stereocenters. The number of carbonyl (C=O) groups is 1. The van der Waals surface area contributed by atoms with E-state index in [0.717, 1.165) is 0 Å². The minimum absolute atomic E-state index is 1.40. The third kappa shape index (κ3) is 1.56. The lowest BCUT2D eigenvalue weighted by molar-refractivity contribution is -0.134. The van der Waals surface area contributed by atoms with Crippen molar-refractivity contribution in [3.63, 3.8) is 0 Å². The zero-order valence-electron chi connectivity index (χ0n) is 7.04. The number of amides is 1. The molecule has 1 saturated carbocycles. The van der Waals surface area contributed by atoms with Crippen molar-refractivity contribution < 1.29 is 22.4 Å². The lowest BCUT2D eigenvalue weighted by Gasteiger charge is -2.36. The predicted molar refractivity (Wildman–Crippen MR) is 40.2 cm³/mol. The van der Waals surface area contributed by atoms with E-state index in [1.807, 2.05) is 0 Å². The topological polar surface area (TPSA) is 69.1 Å². The average molecular weight is 214 g/mol. The van der Waals surface area contributed by atoms with Crippen molar-refractivity contribution in [2.24, 2.45) is 17.4 Å². The van der Waals surface area contributed by atoms with E-state index in [1.54, 1.807) is 0 Å². The molecule has 0 bridgehead atoms. The normalized spacial score (nSPS) is 48.9. The Bertz CT molecular complexity index is 224. The Labute approximate surface area is 77.4 Å². The number of rotatable bonds is 1. The van der Waals surface area contributed by atoms with Gasteiger partial charge in [0.15, 0.2) is 0 Å². The van der Waals surface area contributed by atoms with Gasteiger partial charge in [-0.2, -0.15) is 0 Å². The van der Waals surface area contributed by atoms with Crippen molar-refractivity contribution in [1.29, 1.82) is 0 Å². The van der Waals surface area contributed by atoms with E-state index in [0.29, 0.717) is 0 Å². The first-order valence-corrected chi connectivity index (χ1v) is 3.99. The SMILES string of the molecule is NC(=O)C1C(F)C(F)C(N)C(F)C1F. The Kier molecular flexibility index (Phi) is 2.98. The molecule has 0 aromatic carbocycles. The van der Waals surface area contributed by atoms with Gasteiger partial charge < -0.3 is 11.5 Å². The molecule has 4 unspecified atom stereocenters. The van der Waals surface area contributed by atoms with Crippen LogP contribution in [0.3, 0.4) is 0 Å². The second-order valence-electron chi connectivity index (χ2n) is 3.28. The molecular weight excluding hydrogens is 204 g/mol. The van der Waals surface area contributed by atoms with E-state index in [-0.39, 0.29) is 0 Å². The van der Waals surface area contributed by atoms with Gasteiger partial charge >= 0.3 is 0 Å². The van der Waals surface area contributed by atoms with Crippen LogP contribution in [0.1, 0.15) is 0 Å². The molecular formula is C7H10F4N2O. The van der Waals surface area contributed by atoms with Gasteiger partial charge in [-0.1, -0.05) is 0 Å². The maximum atomic E-state index is 13.0. The molecule has 0 heterocycles. The molecule has 1 fully saturated rings. The molecule has 7 heteroatoms. The van der Waals surface area contributed by atoms with Crippen molar-refractivity contribution in [1.82, 2.24) is 0 Å². The van der Waals surface area contributed by atoms with Crippen molar-refractivity contribution in [2.75, 3.05) is 0 Å². The molecule has 1 aliphatic carbocycles. The van der Waals surface area contributed by atoms with Gasteiger partial charge in [0.05, 0.1) is 6.04 Å². The van der Waals surface area contributed by atoms with E-state index >= 15 is 0 Å². The van der Waals surface area contributed by atoms with E-state index < -0.39 is 42.6 Å². The van der Waals surface area contributed by atoms with Crippen LogP contribution in [0.15, 0.2) is 0 Å². The zero-order chi connectivity index (χ0) is 11.0. The molecule has 0 aliphatic heterocycles. The lowest BCUT2D eigenvalue weighted by Crippen LogP contribution is -2.61. The number of hydrogen-bond donors (Lipinski definition) is 2. The van der Waals surface area contributed by atoms with E-state index in [1.165, 1.54) is 0 Å². The summed E-state index contributed by atoms with van der Waals surface area (Å²) < 4.78 is 51.8. The van der Waals surface area contributed by atoms with Crippen LogP contribution in [0.5, 0.6) is 0 Å². The summed E-state index contributed by atoms with van der Waals surface area (Å²) in [6.07, 6.45) is -9.78. The predicted octanol–water partition coefficient (Wildman–Crippen LogP) is -0.219. The van der Waals surface area contributed by atoms with Gasteiger partial charge in [-0.25, -0.2) is 17.6 Å². The molecule has 0 aromatic heterocycles. The summed E-state index contributed by atoms with van der Waals surface area (Å²) in [5, 5.41) is 0. The largest absolute Gasteiger partial charge is 0.369 e. The first-order valence-electron chi connectivity index (χ1n) is 3.99. The summed E-state index contributed by atoms with van der Waals surface area (Å²) >= 11 is 0. The molecule has 3 nitrogen and oxygen atoms in total. The summed E-state index contributed by atoms with van der Waals surface area (Å²) in [6.45, 7) is 0. The van der Waals surface area contributed by atoms with Crippen molar-refractivity contribution in [3.8, 4) is 0 Å². The van der Waals surface area contributed by atoms with Gasteiger partial charge in [-0.15, -0.1) is 0 Å². The Balaban J connectivity index is 2.92. The summed E-state index contributed by atoms with van der Waals surface area (Å²) in [7, 11) is 0. The molecule has 14 heavy (non-hydrogen) atoms. The fraction of sp³-hybridized carbons (Fsp3) is 0.857. The maximum Gasteiger partial charge on any atom is 0.226 e. The van der Waals surface area contributed by atoms with Gasteiger partial charge in [0.1, 0.15) is 30.6 Å². The van der Waals surface area contributed by atoms with Crippen LogP contribution >= 0.6 is 0 Å². The molecule has 1 amide bonds. The second-order valence-corrected chi connectivity index (χ2v) is 3.28. The van der Waals surface area contributed by atoms with Crippen LogP contribution < -0.4 is 11.5 Å². The standard InChI is InChI=1S/C7H10F4N2O/c8-2-1(7(13)14)3(9)5(11)6(12)4(2)10/h1-6H,12H2,(H2,13,14). The van der Waals surface area contributed by atoms with Crippen LogP contribution in [0.2, 0.25) is 0 Å². The second kappa shape index (κ2) is 3.72. The summed E-state index contributed by atoms with van der Waals surface area (Å²) in [5.74, 6) is -3.50.